The number of carbonyl (C=O) groups is 1. The van der Waals surface area contributed by atoms with Crippen LogP contribution in [0.15, 0.2) is 36.7 Å². The Morgan fingerprint density at radius 2 is 2.14 bits per heavy atom. The third-order valence-electron chi connectivity index (χ3n) is 4.30. The van der Waals surface area contributed by atoms with Crippen LogP contribution in [0.4, 0.5) is 0 Å². The normalized spacial score (nSPS) is 19.2. The van der Waals surface area contributed by atoms with Crippen LogP contribution in [0, 0.1) is 0 Å². The Kier molecular flexibility index (Phi) is 4.24. The fraction of sp³-hybridized carbons (Fsp3) is 0.412. The van der Waals surface area contributed by atoms with E-state index in [4.69, 9.17) is 5.11 Å². The highest BCUT2D eigenvalue weighted by Crippen LogP contribution is 2.27. The second-order valence-electron chi connectivity index (χ2n) is 6.02. The van der Waals surface area contributed by atoms with Crippen molar-refractivity contribution in [3.8, 4) is 0 Å². The van der Waals surface area contributed by atoms with Crippen LogP contribution in [0.25, 0.3) is 0 Å². The molecule has 1 unspecified atom stereocenters. The minimum absolute atomic E-state index is 0.353. The van der Waals surface area contributed by atoms with Gasteiger partial charge in [0.2, 0.25) is 0 Å². The number of hydrogen-bond donors (Lipinski definition) is 1. The van der Waals surface area contributed by atoms with Gasteiger partial charge in [0.1, 0.15) is 0 Å². The van der Waals surface area contributed by atoms with E-state index < -0.39 is 5.97 Å². The number of rotatable bonds is 4. The lowest BCUT2D eigenvalue weighted by Gasteiger charge is -2.32. The van der Waals surface area contributed by atoms with Crippen LogP contribution in [0.2, 0.25) is 0 Å². The van der Waals surface area contributed by atoms with E-state index in [1.54, 1.807) is 12.1 Å². The highest BCUT2D eigenvalue weighted by atomic mass is 16.4. The van der Waals surface area contributed by atoms with E-state index in [0.717, 1.165) is 26.1 Å². The third kappa shape index (κ3) is 3.36. The van der Waals surface area contributed by atoms with Crippen LogP contribution >= 0.6 is 0 Å². The standard InChI is InChI=1S/C17H21N3O2/c1-19-10-13(9-18-19)11-20-8-2-3-16(12-20)14-4-6-15(7-5-14)17(21)22/h4-7,9-10,16H,2-3,8,11-12H2,1H3,(H,21,22). The van der Waals surface area contributed by atoms with Crippen molar-refractivity contribution in [1.82, 2.24) is 14.7 Å². The Morgan fingerprint density at radius 1 is 1.36 bits per heavy atom. The molecule has 5 nitrogen and oxygen atoms in total. The van der Waals surface area contributed by atoms with Crippen molar-refractivity contribution in [2.75, 3.05) is 13.1 Å². The molecule has 1 aliphatic heterocycles. The van der Waals surface area contributed by atoms with E-state index in [1.807, 2.05) is 30.1 Å². The maximum atomic E-state index is 10.9. The van der Waals surface area contributed by atoms with Crippen molar-refractivity contribution in [2.24, 2.45) is 7.05 Å². The average molecular weight is 299 g/mol. The molecule has 22 heavy (non-hydrogen) atoms. The molecule has 1 aromatic carbocycles. The zero-order chi connectivity index (χ0) is 15.5. The van der Waals surface area contributed by atoms with Crippen molar-refractivity contribution in [3.05, 3.63) is 53.3 Å². The predicted molar refractivity (Wildman–Crippen MR) is 83.9 cm³/mol. The Balaban J connectivity index is 1.66. The molecule has 1 atom stereocenters. The number of aromatic carboxylic acids is 1. The van der Waals surface area contributed by atoms with E-state index in [1.165, 1.54) is 17.5 Å². The number of aryl methyl sites for hydroxylation is 1. The Labute approximate surface area is 130 Å². The molecule has 1 N–H and O–H groups in total. The summed E-state index contributed by atoms with van der Waals surface area (Å²) in [6.07, 6.45) is 6.32. The number of likely N-dealkylation sites (tertiary alicyclic amines) is 1. The molecule has 0 saturated carbocycles. The van der Waals surface area contributed by atoms with Gasteiger partial charge in [0.15, 0.2) is 0 Å². The monoisotopic (exact) mass is 299 g/mol. The van der Waals surface area contributed by atoms with Crippen molar-refractivity contribution in [1.29, 1.82) is 0 Å². The molecular weight excluding hydrogens is 278 g/mol. The SMILES string of the molecule is Cn1cc(CN2CCCC(c3ccc(C(=O)O)cc3)C2)cn1. The van der Waals surface area contributed by atoms with Gasteiger partial charge < -0.3 is 5.11 Å². The maximum Gasteiger partial charge on any atom is 0.335 e. The summed E-state index contributed by atoms with van der Waals surface area (Å²) in [6, 6.07) is 7.33. The number of carboxylic acids is 1. The lowest BCUT2D eigenvalue weighted by molar-refractivity contribution is 0.0697. The fourth-order valence-corrected chi connectivity index (χ4v) is 3.18. The summed E-state index contributed by atoms with van der Waals surface area (Å²) < 4.78 is 1.83. The zero-order valence-corrected chi connectivity index (χ0v) is 12.8. The van der Waals surface area contributed by atoms with Crippen LogP contribution in [0.1, 0.15) is 40.2 Å². The number of nitrogens with zero attached hydrogens (tertiary/aromatic N) is 3. The summed E-state index contributed by atoms with van der Waals surface area (Å²) in [5.74, 6) is -0.387. The molecule has 5 heteroatoms. The number of piperidine rings is 1. The summed E-state index contributed by atoms with van der Waals surface area (Å²) in [6.45, 7) is 3.05. The molecule has 0 bridgehead atoms. The predicted octanol–water partition coefficient (Wildman–Crippen LogP) is 2.50. The van der Waals surface area contributed by atoms with Crippen LogP contribution in [0.5, 0.6) is 0 Å². The Bertz CT molecular complexity index is 648. The van der Waals surface area contributed by atoms with Crippen molar-refractivity contribution < 1.29 is 9.90 Å². The fourth-order valence-electron chi connectivity index (χ4n) is 3.18. The Hall–Kier alpha value is -2.14. The molecule has 0 radical (unpaired) electrons. The number of aromatic nitrogens is 2. The van der Waals surface area contributed by atoms with Crippen LogP contribution in [-0.2, 0) is 13.6 Å². The van der Waals surface area contributed by atoms with E-state index in [0.29, 0.717) is 11.5 Å². The van der Waals surface area contributed by atoms with Crippen molar-refractivity contribution in [2.45, 2.75) is 25.3 Å². The molecule has 0 amide bonds. The van der Waals surface area contributed by atoms with Gasteiger partial charge in [-0.1, -0.05) is 12.1 Å². The highest BCUT2D eigenvalue weighted by Gasteiger charge is 2.21. The summed E-state index contributed by atoms with van der Waals surface area (Å²) in [5, 5.41) is 13.2. The Morgan fingerprint density at radius 3 is 2.77 bits per heavy atom. The second kappa shape index (κ2) is 6.32. The molecule has 1 saturated heterocycles. The van der Waals surface area contributed by atoms with Gasteiger partial charge in [0.05, 0.1) is 11.8 Å². The first-order valence-electron chi connectivity index (χ1n) is 7.65. The first-order valence-corrected chi connectivity index (χ1v) is 7.65. The van der Waals surface area contributed by atoms with Gasteiger partial charge in [0.25, 0.3) is 0 Å². The third-order valence-corrected chi connectivity index (χ3v) is 4.30. The molecule has 0 aliphatic carbocycles. The summed E-state index contributed by atoms with van der Waals surface area (Å²) in [4.78, 5) is 13.4. The number of carboxylic acid groups (broad SMARTS) is 1. The van der Waals surface area contributed by atoms with Crippen molar-refractivity contribution in [3.63, 3.8) is 0 Å². The molecule has 3 rings (SSSR count). The van der Waals surface area contributed by atoms with Gasteiger partial charge in [-0.3, -0.25) is 9.58 Å². The molecule has 2 heterocycles. The van der Waals surface area contributed by atoms with Crippen molar-refractivity contribution >= 4 is 5.97 Å². The molecule has 1 aliphatic rings. The molecule has 1 aromatic heterocycles. The second-order valence-corrected chi connectivity index (χ2v) is 6.02. The van der Waals surface area contributed by atoms with E-state index in [9.17, 15) is 4.79 Å². The zero-order valence-electron chi connectivity index (χ0n) is 12.8. The van der Waals surface area contributed by atoms with Gasteiger partial charge in [-0.05, 0) is 43.0 Å². The summed E-state index contributed by atoms with van der Waals surface area (Å²) >= 11 is 0. The summed E-state index contributed by atoms with van der Waals surface area (Å²) in [7, 11) is 1.94. The smallest absolute Gasteiger partial charge is 0.335 e. The van der Waals surface area contributed by atoms with E-state index in [2.05, 4.69) is 16.2 Å². The van der Waals surface area contributed by atoms with Gasteiger partial charge in [-0.15, -0.1) is 0 Å². The summed E-state index contributed by atoms with van der Waals surface area (Å²) in [5.41, 5.74) is 2.83. The number of hydrogen-bond acceptors (Lipinski definition) is 3. The largest absolute Gasteiger partial charge is 0.478 e. The molecule has 1 fully saturated rings. The highest BCUT2D eigenvalue weighted by molar-refractivity contribution is 5.87. The van der Waals surface area contributed by atoms with E-state index in [-0.39, 0.29) is 0 Å². The van der Waals surface area contributed by atoms with Gasteiger partial charge >= 0.3 is 5.97 Å². The molecule has 2 aromatic rings. The average Bonchev–Trinajstić information content (AvgIpc) is 2.93. The first-order chi connectivity index (χ1) is 10.6. The van der Waals surface area contributed by atoms with Crippen LogP contribution in [-0.4, -0.2) is 38.8 Å². The number of benzene rings is 1. The quantitative estimate of drug-likeness (QED) is 0.942. The van der Waals surface area contributed by atoms with Gasteiger partial charge in [-0.25, -0.2) is 4.79 Å². The van der Waals surface area contributed by atoms with Crippen LogP contribution in [0.3, 0.4) is 0 Å². The lowest BCUT2D eigenvalue weighted by atomic mass is 9.90. The topological polar surface area (TPSA) is 58.4 Å². The molecular formula is C17H21N3O2. The molecule has 0 spiro atoms. The molecule has 116 valence electrons. The van der Waals surface area contributed by atoms with Crippen LogP contribution < -0.4 is 0 Å². The van der Waals surface area contributed by atoms with Gasteiger partial charge in [0, 0.05) is 31.9 Å². The maximum absolute atomic E-state index is 10.9. The minimum Gasteiger partial charge on any atom is -0.478 e. The first kappa shape index (κ1) is 14.8. The van der Waals surface area contributed by atoms with Gasteiger partial charge in [-0.2, -0.15) is 5.10 Å². The minimum atomic E-state index is -0.867. The van der Waals surface area contributed by atoms with E-state index >= 15 is 0 Å². The lowest BCUT2D eigenvalue weighted by Crippen LogP contribution is -2.33.